The number of imidazole rings is 1. The summed E-state index contributed by atoms with van der Waals surface area (Å²) in [4.78, 5) is 5.44. The minimum Gasteiger partial charge on any atom is -0.399 e. The van der Waals surface area contributed by atoms with E-state index in [0.717, 1.165) is 24.4 Å². The van der Waals surface area contributed by atoms with E-state index in [1.807, 2.05) is 36.4 Å². The number of nitrogen functional groups attached to an aromatic ring is 1. The molecule has 98 valence electrons. The largest absolute Gasteiger partial charge is 0.399 e. The van der Waals surface area contributed by atoms with Crippen molar-refractivity contribution in [3.63, 3.8) is 0 Å². The molecule has 4 heteroatoms. The molecule has 1 heterocycles. The molecule has 0 saturated heterocycles. The maximum atomic E-state index is 5.66. The molecule has 0 saturated carbocycles. The van der Waals surface area contributed by atoms with Crippen LogP contribution < -0.4 is 5.73 Å². The number of nitrogens with zero attached hydrogens (tertiary/aromatic N) is 2. The minimum absolute atomic E-state index is 0. The molecule has 18 heavy (non-hydrogen) atoms. The summed E-state index contributed by atoms with van der Waals surface area (Å²) < 4.78 is 2.21. The third-order valence-electron chi connectivity index (χ3n) is 2.53. The van der Waals surface area contributed by atoms with E-state index in [0.29, 0.717) is 0 Å². The van der Waals surface area contributed by atoms with E-state index in [-0.39, 0.29) is 7.43 Å². The van der Waals surface area contributed by atoms with Gasteiger partial charge in [-0.25, -0.2) is 4.98 Å². The average molecular weight is 263 g/mol. The van der Waals surface area contributed by atoms with Gasteiger partial charge in [0.1, 0.15) is 0 Å². The van der Waals surface area contributed by atoms with E-state index < -0.39 is 0 Å². The van der Waals surface area contributed by atoms with Crippen LogP contribution in [0.1, 0.15) is 26.5 Å². The van der Waals surface area contributed by atoms with Crippen molar-refractivity contribution in [3.8, 4) is 0 Å². The van der Waals surface area contributed by atoms with Crippen molar-refractivity contribution in [2.75, 3.05) is 5.73 Å². The zero-order chi connectivity index (χ0) is 12.1. The molecule has 0 atom stereocenters. The highest BCUT2D eigenvalue weighted by Gasteiger charge is 2.02. The first-order valence-corrected chi connectivity index (χ1v) is 6.75. The fourth-order valence-electron chi connectivity index (χ4n) is 1.63. The van der Waals surface area contributed by atoms with Crippen LogP contribution in [0.15, 0.2) is 41.7 Å². The molecule has 0 spiro atoms. The monoisotopic (exact) mass is 263 g/mol. The fourth-order valence-corrected chi connectivity index (χ4v) is 2.52. The lowest BCUT2D eigenvalue weighted by Crippen LogP contribution is -1.99. The third-order valence-corrected chi connectivity index (χ3v) is 3.58. The lowest BCUT2D eigenvalue weighted by molar-refractivity contribution is 0.659. The van der Waals surface area contributed by atoms with E-state index in [2.05, 4.69) is 28.6 Å². The van der Waals surface area contributed by atoms with Gasteiger partial charge in [0.05, 0.1) is 6.33 Å². The molecule has 0 unspecified atom stereocenters. The summed E-state index contributed by atoms with van der Waals surface area (Å²) in [5.41, 5.74) is 7.74. The molecule has 0 bridgehead atoms. The van der Waals surface area contributed by atoms with Crippen LogP contribution in [0.3, 0.4) is 0 Å². The standard InChI is InChI=1S/C13H17N3S.CH4/c1-2-7-16-10-15-8-12(16)9-17-13-5-3-11(14)4-6-13;/h3-6,8,10H,2,7,9,14H2,1H3;1H4. The highest BCUT2D eigenvalue weighted by atomic mass is 32.2. The summed E-state index contributed by atoms with van der Waals surface area (Å²) in [6.07, 6.45) is 4.98. The van der Waals surface area contributed by atoms with Crippen molar-refractivity contribution in [1.82, 2.24) is 9.55 Å². The molecule has 3 nitrogen and oxygen atoms in total. The van der Waals surface area contributed by atoms with Gasteiger partial charge in [0, 0.05) is 34.8 Å². The molecule has 2 rings (SSSR count). The van der Waals surface area contributed by atoms with Gasteiger partial charge in [-0.2, -0.15) is 0 Å². The lowest BCUT2D eigenvalue weighted by atomic mass is 10.3. The lowest BCUT2D eigenvalue weighted by Gasteiger charge is -2.06. The second-order valence-corrected chi connectivity index (χ2v) is 4.98. The molecule has 1 aromatic carbocycles. The van der Waals surface area contributed by atoms with E-state index in [1.54, 1.807) is 0 Å². The molecule has 2 aromatic rings. The van der Waals surface area contributed by atoms with Gasteiger partial charge in [0.15, 0.2) is 0 Å². The Morgan fingerprint density at radius 1 is 1.28 bits per heavy atom. The molecule has 2 N–H and O–H groups in total. The van der Waals surface area contributed by atoms with Crippen molar-refractivity contribution in [1.29, 1.82) is 0 Å². The highest BCUT2D eigenvalue weighted by Crippen LogP contribution is 2.23. The first-order chi connectivity index (χ1) is 8.29. The van der Waals surface area contributed by atoms with Crippen LogP contribution in [0.25, 0.3) is 0 Å². The van der Waals surface area contributed by atoms with Crippen LogP contribution in [0.5, 0.6) is 0 Å². The van der Waals surface area contributed by atoms with Gasteiger partial charge in [0.25, 0.3) is 0 Å². The Balaban J connectivity index is 0.00000162. The van der Waals surface area contributed by atoms with E-state index in [4.69, 9.17) is 5.73 Å². The van der Waals surface area contributed by atoms with Crippen LogP contribution in [-0.2, 0) is 12.3 Å². The van der Waals surface area contributed by atoms with Gasteiger partial charge in [-0.1, -0.05) is 14.4 Å². The van der Waals surface area contributed by atoms with Gasteiger partial charge in [-0.3, -0.25) is 0 Å². The quantitative estimate of drug-likeness (QED) is 0.659. The summed E-state index contributed by atoms with van der Waals surface area (Å²) in [6, 6.07) is 7.98. The van der Waals surface area contributed by atoms with Crippen LogP contribution in [0.2, 0.25) is 0 Å². The van der Waals surface area contributed by atoms with E-state index >= 15 is 0 Å². The number of rotatable bonds is 5. The van der Waals surface area contributed by atoms with Crippen molar-refractivity contribution in [3.05, 3.63) is 42.5 Å². The first kappa shape index (κ1) is 14.6. The first-order valence-electron chi connectivity index (χ1n) is 5.77. The smallest absolute Gasteiger partial charge is 0.0948 e. The number of thioether (sulfide) groups is 1. The molecule has 0 radical (unpaired) electrons. The Kier molecular flexibility index (Phi) is 5.78. The number of hydrogen-bond acceptors (Lipinski definition) is 3. The fraction of sp³-hybridized carbons (Fsp3) is 0.357. The SMILES string of the molecule is C.CCCn1cncc1CSc1ccc(N)cc1. The Hall–Kier alpha value is -1.42. The molecule has 1 aromatic heterocycles. The van der Waals surface area contributed by atoms with Gasteiger partial charge in [-0.15, -0.1) is 11.8 Å². The number of anilines is 1. The second-order valence-electron chi connectivity index (χ2n) is 3.94. The van der Waals surface area contributed by atoms with Crippen molar-refractivity contribution in [2.45, 2.75) is 38.0 Å². The Labute approximate surface area is 113 Å². The zero-order valence-electron chi connectivity index (χ0n) is 9.97. The molecule has 0 fully saturated rings. The van der Waals surface area contributed by atoms with Crippen molar-refractivity contribution in [2.24, 2.45) is 0 Å². The van der Waals surface area contributed by atoms with Crippen LogP contribution in [-0.4, -0.2) is 9.55 Å². The molecular weight excluding hydrogens is 242 g/mol. The Bertz CT molecular complexity index is 462. The number of aromatic nitrogens is 2. The maximum absolute atomic E-state index is 5.66. The minimum atomic E-state index is 0. The molecule has 0 aliphatic carbocycles. The third kappa shape index (κ3) is 3.81. The normalized spacial score (nSPS) is 10.1. The van der Waals surface area contributed by atoms with Gasteiger partial charge < -0.3 is 10.3 Å². The predicted octanol–water partition coefficient (Wildman–Crippen LogP) is 3.80. The topological polar surface area (TPSA) is 43.8 Å². The number of nitrogens with two attached hydrogens (primary N) is 1. The van der Waals surface area contributed by atoms with Gasteiger partial charge in [0.2, 0.25) is 0 Å². The second kappa shape index (κ2) is 7.11. The van der Waals surface area contributed by atoms with Crippen LogP contribution >= 0.6 is 11.8 Å². The molecule has 0 aliphatic rings. The summed E-state index contributed by atoms with van der Waals surface area (Å²) in [5.74, 6) is 0.948. The zero-order valence-corrected chi connectivity index (χ0v) is 10.8. The van der Waals surface area contributed by atoms with Crippen LogP contribution in [0.4, 0.5) is 5.69 Å². The van der Waals surface area contributed by atoms with Gasteiger partial charge in [-0.05, 0) is 30.7 Å². The number of hydrogen-bond donors (Lipinski definition) is 1. The molecule has 0 amide bonds. The van der Waals surface area contributed by atoms with Crippen molar-refractivity contribution >= 4 is 17.4 Å². The number of benzene rings is 1. The summed E-state index contributed by atoms with van der Waals surface area (Å²) in [5, 5.41) is 0. The Morgan fingerprint density at radius 3 is 2.67 bits per heavy atom. The van der Waals surface area contributed by atoms with E-state index in [9.17, 15) is 0 Å². The number of aryl methyl sites for hydroxylation is 1. The highest BCUT2D eigenvalue weighted by molar-refractivity contribution is 7.98. The summed E-state index contributed by atoms with van der Waals surface area (Å²) >= 11 is 1.81. The predicted molar refractivity (Wildman–Crippen MR) is 79.7 cm³/mol. The summed E-state index contributed by atoms with van der Waals surface area (Å²) in [6.45, 7) is 3.22. The van der Waals surface area contributed by atoms with E-state index in [1.165, 1.54) is 10.6 Å². The Morgan fingerprint density at radius 2 is 2.00 bits per heavy atom. The average Bonchev–Trinajstić information content (AvgIpc) is 2.77. The molecular formula is C14H21N3S. The maximum Gasteiger partial charge on any atom is 0.0948 e. The molecule has 0 aliphatic heterocycles. The van der Waals surface area contributed by atoms with Gasteiger partial charge >= 0.3 is 0 Å². The summed E-state index contributed by atoms with van der Waals surface area (Å²) in [7, 11) is 0. The van der Waals surface area contributed by atoms with Crippen molar-refractivity contribution < 1.29 is 0 Å². The van der Waals surface area contributed by atoms with Crippen LogP contribution in [0, 0.1) is 0 Å².